The highest BCUT2D eigenvalue weighted by molar-refractivity contribution is 6.35. The summed E-state index contributed by atoms with van der Waals surface area (Å²) in [6.07, 6.45) is 8.02. The molecule has 1 aromatic rings. The molecule has 0 spiro atoms. The Balaban J connectivity index is 0.000000271. The van der Waals surface area contributed by atoms with Crippen LogP contribution < -0.4 is 9.84 Å². The van der Waals surface area contributed by atoms with E-state index in [0.29, 0.717) is 5.02 Å². The summed E-state index contributed by atoms with van der Waals surface area (Å²) in [7, 11) is 2.33. The van der Waals surface area contributed by atoms with Crippen LogP contribution in [0, 0.1) is 0 Å². The van der Waals surface area contributed by atoms with Crippen LogP contribution in [0.5, 0.6) is 5.75 Å². The minimum Gasteiger partial charge on any atom is -0.546 e. The Morgan fingerprint density at radius 2 is 1.89 bits per heavy atom. The predicted molar refractivity (Wildman–Crippen MR) is 107 cm³/mol. The molecule has 0 bridgehead atoms. The van der Waals surface area contributed by atoms with Crippen molar-refractivity contribution < 1.29 is 23.9 Å². The summed E-state index contributed by atoms with van der Waals surface area (Å²) in [5.41, 5.74) is 0. The molecule has 0 radical (unpaired) electrons. The van der Waals surface area contributed by atoms with E-state index in [1.807, 2.05) is 0 Å². The number of nitrogens with zero attached hydrogens (tertiary/aromatic N) is 1. The zero-order valence-electron chi connectivity index (χ0n) is 16.3. The van der Waals surface area contributed by atoms with E-state index in [1.165, 1.54) is 63.7 Å². The van der Waals surface area contributed by atoms with E-state index in [4.69, 9.17) is 32.7 Å². The summed E-state index contributed by atoms with van der Waals surface area (Å²) in [4.78, 5) is 10.0. The molecule has 1 heterocycles. The van der Waals surface area contributed by atoms with Crippen LogP contribution in [0.4, 0.5) is 0 Å². The number of halogens is 2. The first-order chi connectivity index (χ1) is 12.9. The van der Waals surface area contributed by atoms with Gasteiger partial charge in [-0.15, -0.1) is 0 Å². The van der Waals surface area contributed by atoms with E-state index in [0.717, 1.165) is 17.8 Å². The van der Waals surface area contributed by atoms with E-state index in [9.17, 15) is 9.90 Å². The molecule has 0 atom stereocenters. The number of carbonyl (C=O) groups excluding carboxylic acids is 1. The monoisotopic (exact) mass is 419 g/mol. The molecule has 1 fully saturated rings. The summed E-state index contributed by atoms with van der Waals surface area (Å²) in [6, 6.07) is 4.51. The van der Waals surface area contributed by atoms with E-state index in [1.54, 1.807) is 6.07 Å². The number of rotatable bonds is 9. The number of carboxylic acid groups (broad SMARTS) is 1. The van der Waals surface area contributed by atoms with Gasteiger partial charge < -0.3 is 23.9 Å². The van der Waals surface area contributed by atoms with Crippen LogP contribution in [0.2, 0.25) is 10.0 Å². The Morgan fingerprint density at radius 3 is 2.48 bits per heavy atom. The third-order valence-electron chi connectivity index (χ3n) is 4.43. The maximum absolute atomic E-state index is 10.0. The second-order valence-electron chi connectivity index (χ2n) is 7.11. The largest absolute Gasteiger partial charge is 0.546 e. The minimum atomic E-state index is -1.30. The van der Waals surface area contributed by atoms with Crippen molar-refractivity contribution in [3.05, 3.63) is 28.2 Å². The number of piperidine rings is 1. The summed E-state index contributed by atoms with van der Waals surface area (Å²) < 4.78 is 11.7. The minimum absolute atomic E-state index is 0.272. The number of benzene rings is 1. The van der Waals surface area contributed by atoms with Crippen LogP contribution in [-0.2, 0) is 9.53 Å². The second-order valence-corrected chi connectivity index (χ2v) is 7.95. The lowest BCUT2D eigenvalue weighted by molar-refractivity contribution is -0.932. The molecule has 5 nitrogen and oxygen atoms in total. The van der Waals surface area contributed by atoms with Gasteiger partial charge in [-0.25, -0.2) is 0 Å². The lowest BCUT2D eigenvalue weighted by Crippen LogP contribution is -2.49. The molecule has 1 aromatic carbocycles. The molecule has 1 saturated heterocycles. The molecule has 0 saturated carbocycles. The molecular weight excluding hydrogens is 389 g/mol. The maximum atomic E-state index is 10.0. The van der Waals surface area contributed by atoms with Crippen molar-refractivity contribution in [2.45, 2.75) is 45.4 Å². The van der Waals surface area contributed by atoms with Gasteiger partial charge in [0.15, 0.2) is 6.73 Å². The molecule has 0 amide bonds. The summed E-state index contributed by atoms with van der Waals surface area (Å²) >= 11 is 11.3. The number of hydrogen-bond donors (Lipinski definition) is 0. The van der Waals surface area contributed by atoms with E-state index < -0.39 is 12.6 Å². The predicted octanol–water partition coefficient (Wildman–Crippen LogP) is 3.90. The van der Waals surface area contributed by atoms with Crippen LogP contribution in [0.1, 0.15) is 45.4 Å². The molecule has 0 unspecified atom stereocenters. The van der Waals surface area contributed by atoms with Crippen LogP contribution >= 0.6 is 23.2 Å². The Kier molecular flexibility index (Phi) is 11.8. The quantitative estimate of drug-likeness (QED) is 0.449. The Hall–Kier alpha value is -1.01. The summed E-state index contributed by atoms with van der Waals surface area (Å²) in [5.74, 6) is -1.03. The van der Waals surface area contributed by atoms with E-state index in [-0.39, 0.29) is 10.8 Å². The van der Waals surface area contributed by atoms with E-state index >= 15 is 0 Å². The number of unbranched alkanes of at least 4 members (excludes halogenated alkanes) is 2. The van der Waals surface area contributed by atoms with Gasteiger partial charge in [-0.2, -0.15) is 0 Å². The van der Waals surface area contributed by atoms with Crippen molar-refractivity contribution in [1.29, 1.82) is 0 Å². The summed E-state index contributed by atoms with van der Waals surface area (Å²) in [5, 5.41) is 10.8. The fourth-order valence-corrected chi connectivity index (χ4v) is 3.34. The molecule has 1 aliphatic rings. The molecule has 1 aliphatic heterocycles. The first-order valence-corrected chi connectivity index (χ1v) is 10.3. The smallest absolute Gasteiger partial charge is 0.182 e. The SMILES string of the molecule is CCCCCOC[N+]1(C)CCCCC1.O=C([O-])COc1ccc(Cl)cc1Cl. The third-order valence-corrected chi connectivity index (χ3v) is 4.96. The van der Waals surface area contributed by atoms with Crippen LogP contribution in [0.25, 0.3) is 0 Å². The van der Waals surface area contributed by atoms with Gasteiger partial charge in [0.2, 0.25) is 0 Å². The number of hydrogen-bond acceptors (Lipinski definition) is 4. The maximum Gasteiger partial charge on any atom is 0.182 e. The molecule has 0 N–H and O–H groups in total. The van der Waals surface area contributed by atoms with Crippen LogP contribution in [0.15, 0.2) is 18.2 Å². The van der Waals surface area contributed by atoms with Gasteiger partial charge in [-0.05, 0) is 43.9 Å². The van der Waals surface area contributed by atoms with Crippen molar-refractivity contribution in [2.24, 2.45) is 0 Å². The van der Waals surface area contributed by atoms with Gasteiger partial charge in [0.05, 0.1) is 37.7 Å². The fourth-order valence-electron chi connectivity index (χ4n) is 2.87. The van der Waals surface area contributed by atoms with Gasteiger partial charge in [-0.3, -0.25) is 0 Å². The van der Waals surface area contributed by atoms with Crippen molar-refractivity contribution in [3.8, 4) is 5.75 Å². The lowest BCUT2D eigenvalue weighted by Gasteiger charge is -2.37. The van der Waals surface area contributed by atoms with Crippen LogP contribution in [0.3, 0.4) is 0 Å². The van der Waals surface area contributed by atoms with Gasteiger partial charge >= 0.3 is 0 Å². The number of carboxylic acids is 1. The van der Waals surface area contributed by atoms with Crippen molar-refractivity contribution >= 4 is 29.2 Å². The first-order valence-electron chi connectivity index (χ1n) is 9.55. The topological polar surface area (TPSA) is 58.6 Å². The van der Waals surface area contributed by atoms with Crippen molar-refractivity contribution in [1.82, 2.24) is 0 Å². The Morgan fingerprint density at radius 1 is 1.19 bits per heavy atom. The Labute approximate surface area is 172 Å². The Bertz CT molecular complexity index is 563. The normalized spacial score (nSPS) is 15.6. The summed E-state index contributed by atoms with van der Waals surface area (Å²) in [6.45, 7) is 6.23. The molecule has 0 aromatic heterocycles. The van der Waals surface area contributed by atoms with Gasteiger partial charge in [0.1, 0.15) is 12.4 Å². The second kappa shape index (κ2) is 13.2. The number of quaternary nitrogens is 1. The third kappa shape index (κ3) is 10.8. The van der Waals surface area contributed by atoms with Gasteiger partial charge in [0, 0.05) is 5.02 Å². The van der Waals surface area contributed by atoms with Crippen molar-refractivity contribution in [3.63, 3.8) is 0 Å². The molecule has 7 heteroatoms. The average Bonchev–Trinajstić information content (AvgIpc) is 2.62. The van der Waals surface area contributed by atoms with Crippen molar-refractivity contribution in [2.75, 3.05) is 40.1 Å². The molecule has 2 rings (SSSR count). The average molecular weight is 420 g/mol. The highest BCUT2D eigenvalue weighted by Crippen LogP contribution is 2.27. The van der Waals surface area contributed by atoms with Crippen LogP contribution in [-0.4, -0.2) is 50.5 Å². The molecule has 154 valence electrons. The van der Waals surface area contributed by atoms with Gasteiger partial charge in [-0.1, -0.05) is 43.0 Å². The fraction of sp³-hybridized carbons (Fsp3) is 0.650. The standard InChI is InChI=1S/C12H26NO.C8H6Cl2O3/c1-3-4-8-11-14-12-13(2)9-6-5-7-10-13;9-5-1-2-7(6(10)3-5)13-4-8(11)12/h3-12H2,1-2H3;1-3H,4H2,(H,11,12)/q+1;/p-1. The highest BCUT2D eigenvalue weighted by Gasteiger charge is 2.24. The number of ether oxygens (including phenoxy) is 2. The van der Waals surface area contributed by atoms with E-state index in [2.05, 4.69) is 14.0 Å². The number of aliphatic carboxylic acids is 1. The number of carbonyl (C=O) groups is 1. The lowest BCUT2D eigenvalue weighted by atomic mass is 10.1. The first kappa shape index (κ1) is 24.0. The molecule has 27 heavy (non-hydrogen) atoms. The zero-order chi connectivity index (χ0) is 20.1. The highest BCUT2D eigenvalue weighted by atomic mass is 35.5. The zero-order valence-corrected chi connectivity index (χ0v) is 17.9. The van der Waals surface area contributed by atoms with Gasteiger partial charge in [0.25, 0.3) is 0 Å². The number of likely N-dealkylation sites (tertiary alicyclic amines) is 1. The molecule has 0 aliphatic carbocycles. The molecular formula is C20H31Cl2NO4.